The molecule has 1 N–H and O–H groups in total. The second-order valence-corrected chi connectivity index (χ2v) is 7.37. The molecule has 1 heterocycles. The Morgan fingerprint density at radius 3 is 2.52 bits per heavy atom. The van der Waals surface area contributed by atoms with Crippen LogP contribution in [0.2, 0.25) is 5.02 Å². The van der Waals surface area contributed by atoms with Crippen LogP contribution in [0.25, 0.3) is 11.4 Å². The topological polar surface area (TPSA) is 120 Å². The summed E-state index contributed by atoms with van der Waals surface area (Å²) in [6, 6.07) is 12.0. The van der Waals surface area contributed by atoms with Crippen LogP contribution in [0.15, 0.2) is 53.1 Å². The lowest BCUT2D eigenvalue weighted by Gasteiger charge is -2.20. The molecule has 0 aliphatic heterocycles. The van der Waals surface area contributed by atoms with Crippen molar-refractivity contribution in [2.24, 2.45) is 5.92 Å². The minimum Gasteiger partial charge on any atom is -0.484 e. The van der Waals surface area contributed by atoms with Crippen LogP contribution in [0.5, 0.6) is 5.75 Å². The van der Waals surface area contributed by atoms with E-state index in [0.717, 1.165) is 6.42 Å². The fourth-order valence-corrected chi connectivity index (χ4v) is 2.91. The average molecular weight is 445 g/mol. The number of amides is 1. The van der Waals surface area contributed by atoms with Crippen molar-refractivity contribution in [3.63, 3.8) is 0 Å². The zero-order valence-electron chi connectivity index (χ0n) is 16.9. The summed E-state index contributed by atoms with van der Waals surface area (Å²) in [6.45, 7) is 3.76. The number of benzene rings is 2. The molecular formula is C21H21ClN4O5. The largest absolute Gasteiger partial charge is 0.484 e. The minimum absolute atomic E-state index is 0.0182. The monoisotopic (exact) mass is 444 g/mol. The fraction of sp³-hybridized carbons (Fsp3) is 0.286. The van der Waals surface area contributed by atoms with Crippen LogP contribution in [0, 0.1) is 16.0 Å². The zero-order chi connectivity index (χ0) is 22.4. The maximum atomic E-state index is 12.4. The van der Waals surface area contributed by atoms with E-state index in [4.69, 9.17) is 20.9 Å². The molecule has 0 aliphatic carbocycles. The smallest absolute Gasteiger partial charge is 0.269 e. The first-order chi connectivity index (χ1) is 14.9. The molecule has 3 rings (SSSR count). The number of nitro groups is 1. The maximum absolute atomic E-state index is 12.4. The Bertz CT molecular complexity index is 1040. The summed E-state index contributed by atoms with van der Waals surface area (Å²) >= 11 is 5.84. The van der Waals surface area contributed by atoms with Gasteiger partial charge in [-0.15, -0.1) is 0 Å². The van der Waals surface area contributed by atoms with Gasteiger partial charge in [-0.05, 0) is 42.3 Å². The van der Waals surface area contributed by atoms with Crippen molar-refractivity contribution >= 4 is 23.2 Å². The summed E-state index contributed by atoms with van der Waals surface area (Å²) in [6.07, 6.45) is 0.762. The lowest BCUT2D eigenvalue weighted by atomic mass is 9.99. The highest BCUT2D eigenvalue weighted by Gasteiger charge is 2.26. The van der Waals surface area contributed by atoms with E-state index in [2.05, 4.69) is 15.5 Å². The summed E-state index contributed by atoms with van der Waals surface area (Å²) in [5.41, 5.74) is 0.541. The molecule has 0 fully saturated rings. The highest BCUT2D eigenvalue weighted by Crippen LogP contribution is 2.26. The van der Waals surface area contributed by atoms with Gasteiger partial charge in [0.15, 0.2) is 6.61 Å². The molecule has 2 aromatic carbocycles. The van der Waals surface area contributed by atoms with E-state index in [9.17, 15) is 14.9 Å². The van der Waals surface area contributed by atoms with Crippen molar-refractivity contribution in [3.05, 3.63) is 69.6 Å². The molecule has 2 atom stereocenters. The molecule has 0 saturated carbocycles. The lowest BCUT2D eigenvalue weighted by Crippen LogP contribution is -2.36. The van der Waals surface area contributed by atoms with E-state index < -0.39 is 11.0 Å². The van der Waals surface area contributed by atoms with Crippen molar-refractivity contribution < 1.29 is 19.0 Å². The number of hydrogen-bond donors (Lipinski definition) is 1. The van der Waals surface area contributed by atoms with Crippen molar-refractivity contribution in [3.8, 4) is 17.1 Å². The molecule has 1 aromatic heterocycles. The van der Waals surface area contributed by atoms with Crippen LogP contribution in [-0.2, 0) is 4.79 Å². The first kappa shape index (κ1) is 22.2. The molecule has 0 spiro atoms. The second-order valence-electron chi connectivity index (χ2n) is 6.93. The average Bonchev–Trinajstić information content (AvgIpc) is 3.26. The van der Waals surface area contributed by atoms with Crippen LogP contribution in [0.3, 0.4) is 0 Å². The van der Waals surface area contributed by atoms with E-state index in [1.807, 2.05) is 13.8 Å². The number of nitrogens with zero attached hydrogens (tertiary/aromatic N) is 3. The van der Waals surface area contributed by atoms with E-state index in [1.165, 1.54) is 12.1 Å². The van der Waals surface area contributed by atoms with Gasteiger partial charge in [-0.1, -0.05) is 37.0 Å². The second kappa shape index (κ2) is 10.0. The molecule has 1 amide bonds. The number of halogens is 1. The zero-order valence-corrected chi connectivity index (χ0v) is 17.7. The standard InChI is InChI=1S/C21H21ClN4O5/c1-3-13(2)19(23-18(27)12-30-17-10-6-15(22)7-11-17)21-24-20(25-31-21)14-4-8-16(9-5-14)26(28)29/h4-11,13,19H,3,12H2,1-2H3,(H,23,27)/t13-,19+/m0/s1. The number of non-ortho nitro benzene ring substituents is 1. The van der Waals surface area contributed by atoms with Crippen LogP contribution in [0.4, 0.5) is 5.69 Å². The van der Waals surface area contributed by atoms with Gasteiger partial charge in [0.1, 0.15) is 11.8 Å². The molecule has 10 heteroatoms. The van der Waals surface area contributed by atoms with Gasteiger partial charge in [-0.3, -0.25) is 14.9 Å². The van der Waals surface area contributed by atoms with Gasteiger partial charge in [0.2, 0.25) is 11.7 Å². The maximum Gasteiger partial charge on any atom is 0.269 e. The number of nitrogens with one attached hydrogen (secondary N) is 1. The summed E-state index contributed by atoms with van der Waals surface area (Å²) < 4.78 is 10.9. The number of hydrogen-bond acceptors (Lipinski definition) is 7. The van der Waals surface area contributed by atoms with Crippen molar-refractivity contribution in [1.82, 2.24) is 15.5 Å². The Labute approximate surface area is 183 Å². The number of rotatable bonds is 9. The van der Waals surface area contributed by atoms with Gasteiger partial charge < -0.3 is 14.6 Å². The van der Waals surface area contributed by atoms with E-state index in [0.29, 0.717) is 16.3 Å². The molecule has 0 saturated heterocycles. The Balaban J connectivity index is 1.69. The first-order valence-electron chi connectivity index (χ1n) is 9.63. The third kappa shape index (κ3) is 5.79. The molecule has 3 aromatic rings. The van der Waals surface area contributed by atoms with Crippen LogP contribution in [-0.4, -0.2) is 27.6 Å². The molecule has 31 heavy (non-hydrogen) atoms. The van der Waals surface area contributed by atoms with E-state index in [-0.39, 0.29) is 35.8 Å². The van der Waals surface area contributed by atoms with Gasteiger partial charge >= 0.3 is 0 Å². The Kier molecular flexibility index (Phi) is 7.19. The first-order valence-corrected chi connectivity index (χ1v) is 10.0. The van der Waals surface area contributed by atoms with Gasteiger partial charge in [0, 0.05) is 22.7 Å². The SMILES string of the molecule is CC[C@H](C)[C@@H](NC(=O)COc1ccc(Cl)cc1)c1nc(-c2ccc([N+](=O)[O-])cc2)no1. The van der Waals surface area contributed by atoms with Gasteiger partial charge in [0.05, 0.1) is 4.92 Å². The van der Waals surface area contributed by atoms with Crippen molar-refractivity contribution in [2.75, 3.05) is 6.61 Å². The lowest BCUT2D eigenvalue weighted by molar-refractivity contribution is -0.384. The van der Waals surface area contributed by atoms with Gasteiger partial charge in [0.25, 0.3) is 11.6 Å². The third-order valence-corrected chi connectivity index (χ3v) is 5.01. The summed E-state index contributed by atoms with van der Waals surface area (Å²) in [4.78, 5) is 27.2. The molecule has 0 radical (unpaired) electrons. The minimum atomic E-state index is -0.509. The predicted octanol–water partition coefficient (Wildman–Crippen LogP) is 4.58. The van der Waals surface area contributed by atoms with E-state index in [1.54, 1.807) is 36.4 Å². The quantitative estimate of drug-likeness (QED) is 0.378. The number of carbonyl (C=O) groups is 1. The molecule has 0 unspecified atom stereocenters. The van der Waals surface area contributed by atoms with Crippen LogP contribution < -0.4 is 10.1 Å². The fourth-order valence-electron chi connectivity index (χ4n) is 2.79. The molecule has 9 nitrogen and oxygen atoms in total. The Hall–Kier alpha value is -3.46. The summed E-state index contributed by atoms with van der Waals surface area (Å²) in [5, 5.41) is 18.2. The molecule has 0 aliphatic rings. The van der Waals surface area contributed by atoms with Gasteiger partial charge in [-0.2, -0.15) is 4.98 Å². The highest BCUT2D eigenvalue weighted by molar-refractivity contribution is 6.30. The Morgan fingerprint density at radius 2 is 1.90 bits per heavy atom. The third-order valence-electron chi connectivity index (χ3n) is 4.76. The number of ether oxygens (including phenoxy) is 1. The number of aromatic nitrogens is 2. The van der Waals surface area contributed by atoms with Crippen LogP contribution >= 0.6 is 11.6 Å². The van der Waals surface area contributed by atoms with Crippen molar-refractivity contribution in [2.45, 2.75) is 26.3 Å². The number of carbonyl (C=O) groups excluding carboxylic acids is 1. The molecular weight excluding hydrogens is 424 g/mol. The molecule has 162 valence electrons. The van der Waals surface area contributed by atoms with E-state index >= 15 is 0 Å². The summed E-state index contributed by atoms with van der Waals surface area (Å²) in [5.74, 6) is 0.741. The Morgan fingerprint density at radius 1 is 1.23 bits per heavy atom. The van der Waals surface area contributed by atoms with Crippen molar-refractivity contribution in [1.29, 1.82) is 0 Å². The highest BCUT2D eigenvalue weighted by atomic mass is 35.5. The predicted molar refractivity (Wildman–Crippen MR) is 114 cm³/mol. The van der Waals surface area contributed by atoms with Crippen LogP contribution in [0.1, 0.15) is 32.2 Å². The normalized spacial score (nSPS) is 12.7. The molecule has 0 bridgehead atoms. The number of nitro benzene ring substituents is 1. The van der Waals surface area contributed by atoms with Gasteiger partial charge in [-0.25, -0.2) is 0 Å². The summed E-state index contributed by atoms with van der Waals surface area (Å²) in [7, 11) is 0.